The summed E-state index contributed by atoms with van der Waals surface area (Å²) in [7, 11) is -7.06. The molecule has 1 fully saturated rings. The maximum Gasteiger partial charge on any atom is 0.265 e. The maximum atomic E-state index is 12.4. The van der Waals surface area contributed by atoms with Crippen molar-refractivity contribution in [2.45, 2.75) is 30.4 Å². The molecular formula is C13H16N2O6S2. The van der Waals surface area contributed by atoms with Gasteiger partial charge in [-0.25, -0.2) is 21.6 Å². The van der Waals surface area contributed by atoms with Crippen molar-refractivity contribution >= 4 is 31.5 Å². The highest BCUT2D eigenvalue weighted by Crippen LogP contribution is 2.32. The third-order valence-corrected chi connectivity index (χ3v) is 7.03. The second-order valence-electron chi connectivity index (χ2n) is 5.63. The number of sulfone groups is 1. The molecule has 1 aromatic rings. The van der Waals surface area contributed by atoms with Crippen molar-refractivity contribution in [3.8, 4) is 5.75 Å². The van der Waals surface area contributed by atoms with Gasteiger partial charge in [-0.2, -0.15) is 0 Å². The number of anilines is 1. The molecule has 0 spiro atoms. The zero-order valence-corrected chi connectivity index (χ0v) is 13.9. The van der Waals surface area contributed by atoms with Crippen molar-refractivity contribution in [3.63, 3.8) is 0 Å². The van der Waals surface area contributed by atoms with E-state index < -0.39 is 32.0 Å². The van der Waals surface area contributed by atoms with Gasteiger partial charge in [0.25, 0.3) is 5.91 Å². The van der Waals surface area contributed by atoms with Gasteiger partial charge >= 0.3 is 0 Å². The Labute approximate surface area is 134 Å². The van der Waals surface area contributed by atoms with Crippen LogP contribution in [0.5, 0.6) is 5.75 Å². The minimum absolute atomic E-state index is 0.0217. The van der Waals surface area contributed by atoms with Crippen LogP contribution in [0.4, 0.5) is 5.69 Å². The molecule has 0 aromatic heterocycles. The number of sulfonamides is 1. The number of nitrogens with one attached hydrogen (secondary N) is 2. The molecule has 3 rings (SSSR count). The van der Waals surface area contributed by atoms with Crippen molar-refractivity contribution in [2.75, 3.05) is 16.8 Å². The van der Waals surface area contributed by atoms with Crippen LogP contribution in [0.2, 0.25) is 0 Å². The largest absolute Gasteiger partial charge is 0.479 e. The lowest BCUT2D eigenvalue weighted by Crippen LogP contribution is -2.36. The molecule has 2 N–H and O–H groups in total. The Hall–Kier alpha value is -1.65. The lowest BCUT2D eigenvalue weighted by Gasteiger charge is -2.23. The molecule has 8 nitrogen and oxygen atoms in total. The van der Waals surface area contributed by atoms with E-state index in [1.54, 1.807) is 6.92 Å². The van der Waals surface area contributed by atoms with Crippen molar-refractivity contribution < 1.29 is 26.4 Å². The first-order valence-electron chi connectivity index (χ1n) is 7.01. The fourth-order valence-corrected chi connectivity index (χ4v) is 5.61. The van der Waals surface area contributed by atoms with Gasteiger partial charge in [-0.15, -0.1) is 0 Å². The first-order valence-corrected chi connectivity index (χ1v) is 10.3. The minimum Gasteiger partial charge on any atom is -0.479 e. The smallest absolute Gasteiger partial charge is 0.265 e. The highest BCUT2D eigenvalue weighted by atomic mass is 32.2. The van der Waals surface area contributed by atoms with E-state index in [0.29, 0.717) is 5.75 Å². The van der Waals surface area contributed by atoms with Gasteiger partial charge < -0.3 is 10.1 Å². The molecule has 1 aromatic carbocycles. The van der Waals surface area contributed by atoms with Crippen LogP contribution in [0, 0.1) is 0 Å². The fraction of sp³-hybridized carbons (Fsp3) is 0.462. The van der Waals surface area contributed by atoms with Gasteiger partial charge in [0, 0.05) is 6.04 Å². The SMILES string of the molecule is C[C@@H]1Oc2ccc(S(=O)(=O)N[C@H]3CCS(=O)(=O)C3)cc2NC1=O. The lowest BCUT2D eigenvalue weighted by molar-refractivity contribution is -0.122. The van der Waals surface area contributed by atoms with E-state index in [0.717, 1.165) is 0 Å². The number of carbonyl (C=O) groups excluding carboxylic acids is 1. The Bertz CT molecular complexity index is 862. The number of ether oxygens (including phenoxy) is 1. The van der Waals surface area contributed by atoms with Crippen LogP contribution in [0.1, 0.15) is 13.3 Å². The van der Waals surface area contributed by atoms with Gasteiger partial charge in [0.15, 0.2) is 15.9 Å². The molecule has 0 bridgehead atoms. The number of amides is 1. The summed E-state index contributed by atoms with van der Waals surface area (Å²) in [6, 6.07) is 3.48. The molecule has 10 heteroatoms. The highest BCUT2D eigenvalue weighted by Gasteiger charge is 2.32. The lowest BCUT2D eigenvalue weighted by atomic mass is 10.2. The summed E-state index contributed by atoms with van der Waals surface area (Å²) in [6.45, 7) is 1.59. The first-order chi connectivity index (χ1) is 10.7. The fourth-order valence-electron chi connectivity index (χ4n) is 2.53. The van der Waals surface area contributed by atoms with E-state index in [9.17, 15) is 21.6 Å². The topological polar surface area (TPSA) is 119 Å². The molecule has 2 aliphatic heterocycles. The molecule has 2 atom stereocenters. The summed E-state index contributed by atoms with van der Waals surface area (Å²) in [4.78, 5) is 11.5. The molecule has 1 amide bonds. The van der Waals surface area contributed by atoms with Crippen LogP contribution in [-0.2, 0) is 24.7 Å². The van der Waals surface area contributed by atoms with Crippen molar-refractivity contribution in [1.29, 1.82) is 0 Å². The summed E-state index contributed by atoms with van der Waals surface area (Å²) in [5, 5.41) is 2.58. The highest BCUT2D eigenvalue weighted by molar-refractivity contribution is 7.92. The number of fused-ring (bicyclic) bond motifs is 1. The molecule has 0 radical (unpaired) electrons. The average molecular weight is 360 g/mol. The van der Waals surface area contributed by atoms with Gasteiger partial charge in [0.2, 0.25) is 10.0 Å². The zero-order chi connectivity index (χ0) is 16.8. The van der Waals surface area contributed by atoms with Crippen LogP contribution in [0.25, 0.3) is 0 Å². The maximum absolute atomic E-state index is 12.4. The Morgan fingerprint density at radius 1 is 1.35 bits per heavy atom. The van der Waals surface area contributed by atoms with E-state index in [2.05, 4.69) is 10.0 Å². The van der Waals surface area contributed by atoms with E-state index in [1.165, 1.54) is 18.2 Å². The molecule has 0 aliphatic carbocycles. The van der Waals surface area contributed by atoms with Crippen molar-refractivity contribution in [1.82, 2.24) is 4.72 Å². The summed E-state index contributed by atoms with van der Waals surface area (Å²) in [6.07, 6.45) is -0.393. The molecule has 0 unspecified atom stereocenters. The monoisotopic (exact) mass is 360 g/mol. The van der Waals surface area contributed by atoms with Gasteiger partial charge in [-0.1, -0.05) is 0 Å². The molecular weight excluding hydrogens is 344 g/mol. The van der Waals surface area contributed by atoms with Crippen molar-refractivity contribution in [2.24, 2.45) is 0 Å². The molecule has 0 saturated carbocycles. The van der Waals surface area contributed by atoms with Crippen LogP contribution in [0.15, 0.2) is 23.1 Å². The molecule has 23 heavy (non-hydrogen) atoms. The van der Waals surface area contributed by atoms with Crippen LogP contribution in [0.3, 0.4) is 0 Å². The Kier molecular flexibility index (Phi) is 3.85. The third kappa shape index (κ3) is 3.33. The number of carbonyl (C=O) groups is 1. The van der Waals surface area contributed by atoms with Gasteiger partial charge in [-0.3, -0.25) is 4.79 Å². The molecule has 126 valence electrons. The van der Waals surface area contributed by atoms with E-state index in [4.69, 9.17) is 4.74 Å². The van der Waals surface area contributed by atoms with Crippen molar-refractivity contribution in [3.05, 3.63) is 18.2 Å². The Balaban J connectivity index is 1.84. The number of hydrogen-bond donors (Lipinski definition) is 2. The van der Waals surface area contributed by atoms with E-state index in [1.807, 2.05) is 0 Å². The van der Waals surface area contributed by atoms with E-state index >= 15 is 0 Å². The minimum atomic E-state index is -3.88. The number of rotatable bonds is 3. The molecule has 1 saturated heterocycles. The van der Waals surface area contributed by atoms with Crippen LogP contribution < -0.4 is 14.8 Å². The second kappa shape index (κ2) is 5.46. The third-order valence-electron chi connectivity index (χ3n) is 3.75. The molecule has 2 aliphatic rings. The average Bonchev–Trinajstić information content (AvgIpc) is 2.78. The van der Waals surface area contributed by atoms with Crippen LogP contribution >= 0.6 is 0 Å². The van der Waals surface area contributed by atoms with E-state index in [-0.39, 0.29) is 34.4 Å². The quantitative estimate of drug-likeness (QED) is 0.775. The van der Waals surface area contributed by atoms with Crippen LogP contribution in [-0.4, -0.2) is 46.4 Å². The van der Waals surface area contributed by atoms with Gasteiger partial charge in [0.05, 0.1) is 22.1 Å². The summed E-state index contributed by atoms with van der Waals surface area (Å²) in [5.74, 6) is -0.192. The number of hydrogen-bond acceptors (Lipinski definition) is 6. The van der Waals surface area contributed by atoms with Gasteiger partial charge in [0.1, 0.15) is 5.75 Å². The Morgan fingerprint density at radius 3 is 2.74 bits per heavy atom. The standard InChI is InChI=1S/C13H16N2O6S2/c1-8-13(16)14-11-6-10(2-3-12(11)21-8)23(19,20)15-9-4-5-22(17,18)7-9/h2-3,6,8-9,15H,4-5,7H2,1H3,(H,14,16)/t8-,9-/m0/s1. The predicted octanol–water partition coefficient (Wildman–Crippen LogP) is -0.129. The number of benzene rings is 1. The van der Waals surface area contributed by atoms with Gasteiger partial charge in [-0.05, 0) is 31.5 Å². The summed E-state index contributed by atoms with van der Waals surface area (Å²) < 4.78 is 55.3. The first kappa shape index (κ1) is 16.2. The zero-order valence-electron chi connectivity index (χ0n) is 12.3. The normalized spacial score (nSPS) is 26.2. The molecule has 2 heterocycles. The Morgan fingerprint density at radius 2 is 2.09 bits per heavy atom. The summed E-state index contributed by atoms with van der Waals surface area (Å²) in [5.41, 5.74) is 0.273. The summed E-state index contributed by atoms with van der Waals surface area (Å²) >= 11 is 0. The second-order valence-corrected chi connectivity index (χ2v) is 9.57. The predicted molar refractivity (Wildman–Crippen MR) is 82.5 cm³/mol.